The number of hydrogen-bond acceptors (Lipinski definition) is 17. The van der Waals surface area contributed by atoms with Crippen LogP contribution < -0.4 is 45.5 Å². The minimum absolute atomic E-state index is 0. The summed E-state index contributed by atoms with van der Waals surface area (Å²) in [4.78, 5) is 109. The topological polar surface area (TPSA) is 524 Å². The molecule has 18 N–H and O–H groups in total. The number of rotatable bonds is 30. The van der Waals surface area contributed by atoms with Crippen LogP contribution >= 0.6 is 7.82 Å². The van der Waals surface area contributed by atoms with Crippen molar-refractivity contribution >= 4 is 60.2 Å². The van der Waals surface area contributed by atoms with E-state index in [9.17, 15) is 53.2 Å². The Kier molecular flexibility index (Phi) is 27.1. The molecule has 0 spiro atoms. The first-order valence-electron chi connectivity index (χ1n) is 36.3. The predicted octanol–water partition coefficient (Wildman–Crippen LogP) is 6.08. The number of aliphatic hydroxyl groups is 2. The molecule has 6 aliphatic heterocycles. The molecule has 10 rings (SSSR count). The number of nitrogens with zero attached hydrogens (tertiary/aromatic N) is 9. The van der Waals surface area contributed by atoms with E-state index in [0.717, 1.165) is 40.9 Å². The molecule has 0 aliphatic carbocycles. The number of imidazole rings is 1. The number of aromatic nitrogens is 5. The SMILES string of the molecule is C/C1=C2/[N-][C@H]([C@H](CC(N)=O)[C@@]2(C)CCC(=O)NC[C@@H](C)OP(=O)(O)O[C@H]2[C@@H](O)[C@@H](n3cnc4cc(C)c(C)cc43)O[C@@H]2CO)[C@]2(C)[N-][C@@H](/C(C)=C3\[N-]/C(=C\C4[N-]C1[C@@H](CCC(N)=O)C4(C)C)[C@@H](CCC(N)=O)[C@]3(C)CC(N)=O)[C@@H](CCC(N)=O)[C@]2(C)CC(N)=O.[C-]#Cc1ccc(-c2cn(CCCN)nn2)cc1.[Co]. The largest absolute Gasteiger partial charge is 0.685 e. The van der Waals surface area contributed by atoms with Crippen LogP contribution in [0.2, 0.25) is 0 Å². The molecule has 108 heavy (non-hydrogen) atoms. The standard InChI is InChI=1S/C62H92N13O14P.C13H13N4.Co/c1-29-20-39-40(21-30(29)2)75(28-70-39)57-52(84)53(41(27-76)87-57)89-90(85,86)88-31(3)26-69-49(83)18-19-59(8)37(22-46(66)80)56-62(11)61(10,25-48(68)82)36(14-17-45(65)79)51(74-62)33(5)55-60(9,24-47(67)81)34(12-15-43(63)77)38(71-55)23-42-58(6,7)35(13-16-44(64)78)50(72-42)32(4)54(59)73-56;1-2-11-4-6-12(7-5-11)13-10-17(16-15-13)9-3-8-14;/h20-21,23,28,31,34-37,41-42,50-53,56-57,76,84H,12-19,22,24-27H2,1-11H3,(H2,63,77)(H2,64,78)(H2,65,79)(H2,66,80)(H2,67,81)(H2,68,82)(H,69,83)(H,85,86);4-7,10H,3,8-9,14H2;/q-4;-1;/b38-23-,54-32-,55-33-;;/t31-,34-,35-,36-,37+,41-,42?,50?,51+,52-,53-,56-,57+,59-,60+,61+,62+;;/m1../s1. The molecule has 5 fully saturated rings. The summed E-state index contributed by atoms with van der Waals surface area (Å²) in [6, 6.07) is 8.02. The fraction of sp³-hybridized carbons (Fsp3) is 0.600. The van der Waals surface area contributed by atoms with Crippen LogP contribution in [0, 0.1) is 71.5 Å². The molecule has 0 saturated carbocycles. The Hall–Kier alpha value is -7.90. The maximum absolute atomic E-state index is 14.4. The van der Waals surface area contributed by atoms with Crippen molar-refractivity contribution in [2.24, 2.45) is 85.5 Å². The molecule has 6 aliphatic rings. The number of allylic oxidation sites excluding steroid dienone is 3. The van der Waals surface area contributed by atoms with Crippen LogP contribution in [0.3, 0.4) is 0 Å². The number of carbonyl (C=O) groups excluding carboxylic acids is 7. The molecule has 2 aromatic carbocycles. The number of carbonyl (C=O) groups is 7. The number of hydrogen-bond donors (Lipinski definition) is 11. The van der Waals surface area contributed by atoms with Crippen molar-refractivity contribution in [1.29, 1.82) is 0 Å². The summed E-state index contributed by atoms with van der Waals surface area (Å²) in [6.45, 7) is 20.9. The van der Waals surface area contributed by atoms with Gasteiger partial charge >= 0.3 is 7.82 Å². The van der Waals surface area contributed by atoms with Crippen LogP contribution in [-0.2, 0) is 75.2 Å². The molecule has 8 bridgehead atoms. The summed E-state index contributed by atoms with van der Waals surface area (Å²) in [7, 11) is -5.06. The molecule has 31 nitrogen and oxygen atoms in total. The second kappa shape index (κ2) is 34.2. The van der Waals surface area contributed by atoms with Gasteiger partial charge in [-0.25, -0.2) is 9.55 Å². The van der Waals surface area contributed by atoms with E-state index >= 15 is 0 Å². The molecule has 1 radical (unpaired) electrons. The molecule has 8 heterocycles. The molecule has 18 atom stereocenters. The van der Waals surface area contributed by atoms with Crippen molar-refractivity contribution in [1.82, 2.24) is 29.9 Å². The summed E-state index contributed by atoms with van der Waals surface area (Å²) >= 11 is 0. The first kappa shape index (κ1) is 85.7. The van der Waals surface area contributed by atoms with Gasteiger partial charge in [-0.15, -0.1) is 69.7 Å². The van der Waals surface area contributed by atoms with Gasteiger partial charge in [0.05, 0.1) is 36.3 Å². The maximum atomic E-state index is 14.4. The number of nitrogens with two attached hydrogens (primary N) is 7. The first-order valence-corrected chi connectivity index (χ1v) is 37.8. The summed E-state index contributed by atoms with van der Waals surface area (Å²) in [6.07, 6.45) is 5.82. The molecular weight excluding hydrogens is 1450 g/mol. The van der Waals surface area contributed by atoms with Gasteiger partial charge < -0.3 is 97.6 Å². The normalized spacial score (nSPS) is 32.3. The van der Waals surface area contributed by atoms with Gasteiger partial charge in [-0.2, -0.15) is 17.1 Å². The van der Waals surface area contributed by atoms with E-state index in [2.05, 4.69) is 26.5 Å². The van der Waals surface area contributed by atoms with Crippen molar-refractivity contribution in [2.75, 3.05) is 19.7 Å². The molecular formula is C75H105CoN17O14P-5. The van der Waals surface area contributed by atoms with E-state index in [1.54, 1.807) is 9.25 Å². The molecule has 2 aromatic heterocycles. The number of primary amides is 6. The summed E-state index contributed by atoms with van der Waals surface area (Å²) in [5, 5.41) is 55.1. The number of phosphoric acid groups is 1. The summed E-state index contributed by atoms with van der Waals surface area (Å²) in [5.74, 6) is -4.58. The van der Waals surface area contributed by atoms with E-state index in [1.807, 2.05) is 118 Å². The van der Waals surface area contributed by atoms with Crippen LogP contribution in [0.25, 0.3) is 43.6 Å². The smallest absolute Gasteiger partial charge is 0.472 e. The number of amides is 7. The molecule has 4 aromatic rings. The molecule has 593 valence electrons. The van der Waals surface area contributed by atoms with Crippen molar-refractivity contribution in [3.05, 3.63) is 128 Å². The Morgan fingerprint density at radius 2 is 1.43 bits per heavy atom. The van der Waals surface area contributed by atoms with Gasteiger partial charge in [0.15, 0.2) is 6.23 Å². The van der Waals surface area contributed by atoms with E-state index in [-0.39, 0.29) is 94.0 Å². The van der Waals surface area contributed by atoms with Gasteiger partial charge in [0.1, 0.15) is 24.0 Å². The fourth-order valence-corrected chi connectivity index (χ4v) is 18.8. The average molecular weight is 1560 g/mol. The van der Waals surface area contributed by atoms with Crippen molar-refractivity contribution < 1.29 is 83.8 Å². The van der Waals surface area contributed by atoms with E-state index < -0.39 is 161 Å². The summed E-state index contributed by atoms with van der Waals surface area (Å²) < 4.78 is 34.1. The second-order valence-corrected chi connectivity index (χ2v) is 32.7. The zero-order valence-corrected chi connectivity index (χ0v) is 65.1. The zero-order valence-electron chi connectivity index (χ0n) is 63.2. The monoisotopic (exact) mass is 1560 g/mol. The van der Waals surface area contributed by atoms with Gasteiger partial charge in [-0.05, 0) is 142 Å². The van der Waals surface area contributed by atoms with Crippen molar-refractivity contribution in [3.63, 3.8) is 0 Å². The van der Waals surface area contributed by atoms with Crippen LogP contribution in [0.5, 0.6) is 0 Å². The van der Waals surface area contributed by atoms with Gasteiger partial charge in [0.2, 0.25) is 41.4 Å². The quantitative estimate of drug-likeness (QED) is 0.0160. The van der Waals surface area contributed by atoms with E-state index in [4.69, 9.17) is 81.6 Å². The number of benzene rings is 2. The van der Waals surface area contributed by atoms with E-state index in [1.165, 1.54) is 13.3 Å². The average Bonchev–Trinajstić information content (AvgIpc) is 1.53. The summed E-state index contributed by atoms with van der Waals surface area (Å²) in [5.41, 5.74) is 44.2. The Morgan fingerprint density at radius 1 is 0.806 bits per heavy atom. The number of nitrogens with one attached hydrogen (secondary N) is 1. The third kappa shape index (κ3) is 17.8. The Labute approximate surface area is 640 Å². The molecule has 3 unspecified atom stereocenters. The molecule has 7 amide bonds. The second-order valence-electron chi connectivity index (χ2n) is 31.3. The van der Waals surface area contributed by atoms with Crippen molar-refractivity contribution in [2.45, 2.75) is 220 Å². The van der Waals surface area contributed by atoms with E-state index in [0.29, 0.717) is 45.8 Å². The van der Waals surface area contributed by atoms with Gasteiger partial charge in [-0.1, -0.05) is 58.9 Å². The van der Waals surface area contributed by atoms with Crippen LogP contribution in [0.15, 0.2) is 83.2 Å². The minimum atomic E-state index is -5.06. The molecule has 33 heteroatoms. The number of aliphatic hydroxyl groups excluding tert-OH is 2. The Balaban J connectivity index is 0.000000714. The first-order chi connectivity index (χ1) is 50.2. The van der Waals surface area contributed by atoms with Gasteiger partial charge in [0, 0.05) is 80.4 Å². The molecule has 5 saturated heterocycles. The number of phosphoric ester groups is 1. The number of fused-ring (bicyclic) bond motifs is 10. The fourth-order valence-electron chi connectivity index (χ4n) is 17.6. The van der Waals surface area contributed by atoms with Crippen molar-refractivity contribution in [3.8, 4) is 17.2 Å². The van der Waals surface area contributed by atoms with Crippen LogP contribution in [-0.4, -0.2) is 155 Å². The van der Waals surface area contributed by atoms with Crippen LogP contribution in [0.1, 0.15) is 162 Å². The van der Waals surface area contributed by atoms with Crippen LogP contribution in [0.4, 0.5) is 0 Å². The van der Waals surface area contributed by atoms with Gasteiger partial charge in [-0.3, -0.25) is 53.2 Å². The zero-order chi connectivity index (χ0) is 78.8. The maximum Gasteiger partial charge on any atom is 0.472 e. The number of aryl methyl sites for hydroxylation is 3. The Bertz CT molecular complexity index is 4230. The number of ether oxygens (including phenoxy) is 1. The van der Waals surface area contributed by atoms with Gasteiger partial charge in [0.25, 0.3) is 0 Å². The Morgan fingerprint density at radius 3 is 2.03 bits per heavy atom. The minimum Gasteiger partial charge on any atom is -0.685 e. The predicted molar refractivity (Wildman–Crippen MR) is 398 cm³/mol. The third-order valence-corrected chi connectivity index (χ3v) is 24.8. The third-order valence-electron chi connectivity index (χ3n) is 23.7.